The quantitative estimate of drug-likeness (QED) is 0.258. The van der Waals surface area contributed by atoms with Crippen molar-refractivity contribution >= 4 is 75.9 Å². The Bertz CT molecular complexity index is 1220. The lowest BCUT2D eigenvalue weighted by atomic mass is 9.91. The van der Waals surface area contributed by atoms with Crippen molar-refractivity contribution in [2.45, 2.75) is 38.5 Å². The second kappa shape index (κ2) is 10.3. The van der Waals surface area contributed by atoms with Gasteiger partial charge in [0.2, 0.25) is 5.91 Å². The van der Waals surface area contributed by atoms with Gasteiger partial charge in [0, 0.05) is 30.9 Å². The smallest absolute Gasteiger partial charge is 0.228 e. The van der Waals surface area contributed by atoms with Crippen molar-refractivity contribution in [2.75, 3.05) is 37.2 Å². The first-order valence-corrected chi connectivity index (χ1v) is 18.0. The molecule has 0 radical (unpaired) electrons. The summed E-state index contributed by atoms with van der Waals surface area (Å²) in [7, 11) is -0.324. The van der Waals surface area contributed by atoms with E-state index in [0.29, 0.717) is 18.1 Å². The standard InChI is InChI=1S/C24H30IN5O2P2/c1-14-26-22-19(13-21(28-23(22)30(14)33-25)29-24(31)16-4-5-16)27-18-7-6-17(12-20(18)34(2)3)15-8-10-32-11-9-15/h6-7,12-13,15-16,33H,4-5,8-11H2,1-3H3,(H2,27,28,29,31). The van der Waals surface area contributed by atoms with Crippen molar-refractivity contribution < 1.29 is 9.53 Å². The number of imidazole rings is 1. The van der Waals surface area contributed by atoms with Crippen LogP contribution in [-0.4, -0.2) is 46.8 Å². The second-order valence-corrected chi connectivity index (χ2v) is 13.6. The number of nitrogens with zero attached hydrogens (tertiary/aromatic N) is 3. The second-order valence-electron chi connectivity index (χ2n) is 9.25. The molecule has 1 aromatic carbocycles. The molecule has 3 aromatic rings. The minimum Gasteiger partial charge on any atom is -0.381 e. The summed E-state index contributed by atoms with van der Waals surface area (Å²) in [4.78, 5) is 22.1. The number of fused-ring (bicyclic) bond motifs is 1. The number of halogens is 1. The van der Waals surface area contributed by atoms with Crippen LogP contribution in [0.25, 0.3) is 11.2 Å². The van der Waals surface area contributed by atoms with Crippen LogP contribution in [0.5, 0.6) is 0 Å². The van der Waals surface area contributed by atoms with E-state index in [4.69, 9.17) is 14.7 Å². The molecular formula is C24H30IN5O2P2. The Labute approximate surface area is 216 Å². The molecular weight excluding hydrogens is 579 g/mol. The Kier molecular flexibility index (Phi) is 7.41. The molecule has 1 atom stereocenters. The van der Waals surface area contributed by atoms with Gasteiger partial charge in [0.05, 0.1) is 12.1 Å². The molecule has 10 heteroatoms. The number of benzene rings is 1. The molecule has 3 heterocycles. The molecule has 34 heavy (non-hydrogen) atoms. The average Bonchev–Trinajstić information content (AvgIpc) is 3.63. The maximum absolute atomic E-state index is 12.5. The summed E-state index contributed by atoms with van der Waals surface area (Å²) in [5.41, 5.74) is 5.02. The van der Waals surface area contributed by atoms with E-state index in [9.17, 15) is 4.79 Å². The highest BCUT2D eigenvalue weighted by molar-refractivity contribution is 14.2. The van der Waals surface area contributed by atoms with Crippen molar-refractivity contribution in [2.24, 2.45) is 5.92 Å². The van der Waals surface area contributed by atoms with E-state index >= 15 is 0 Å². The minimum absolute atomic E-state index is 0.0599. The van der Waals surface area contributed by atoms with E-state index in [0.717, 1.165) is 67.3 Å². The van der Waals surface area contributed by atoms with Gasteiger partial charge >= 0.3 is 0 Å². The minimum atomic E-state index is -0.324. The summed E-state index contributed by atoms with van der Waals surface area (Å²) in [5.74, 6) is 2.26. The van der Waals surface area contributed by atoms with Crippen molar-refractivity contribution in [3.8, 4) is 0 Å². The molecule has 180 valence electrons. The predicted molar refractivity (Wildman–Crippen MR) is 152 cm³/mol. The molecule has 1 saturated heterocycles. The highest BCUT2D eigenvalue weighted by Crippen LogP contribution is 2.38. The molecule has 1 amide bonds. The van der Waals surface area contributed by atoms with Gasteiger partial charge in [-0.2, -0.15) is 0 Å². The number of hydrogen-bond donors (Lipinski definition) is 2. The predicted octanol–water partition coefficient (Wildman–Crippen LogP) is 5.88. The molecule has 2 N–H and O–H groups in total. The Morgan fingerprint density at radius 3 is 2.59 bits per heavy atom. The summed E-state index contributed by atoms with van der Waals surface area (Å²) < 4.78 is 7.67. The van der Waals surface area contributed by atoms with E-state index in [1.165, 1.54) is 10.9 Å². The number of carbonyl (C=O) groups excluding carboxylic acids is 1. The fraction of sp³-hybridized carbons (Fsp3) is 0.458. The van der Waals surface area contributed by atoms with Crippen LogP contribution >= 0.6 is 36.3 Å². The highest BCUT2D eigenvalue weighted by atomic mass is 127. The van der Waals surface area contributed by atoms with Crippen molar-refractivity contribution in [1.82, 2.24) is 14.3 Å². The zero-order valence-corrected chi connectivity index (χ0v) is 23.7. The first kappa shape index (κ1) is 24.4. The van der Waals surface area contributed by atoms with Gasteiger partial charge < -0.3 is 15.4 Å². The lowest BCUT2D eigenvalue weighted by Crippen LogP contribution is -2.17. The van der Waals surface area contributed by atoms with Crippen LogP contribution in [-0.2, 0) is 9.53 Å². The van der Waals surface area contributed by atoms with Crippen LogP contribution in [0.3, 0.4) is 0 Å². The van der Waals surface area contributed by atoms with Crippen LogP contribution in [0.1, 0.15) is 43.0 Å². The molecule has 2 aliphatic rings. The fourth-order valence-corrected chi connectivity index (χ4v) is 7.61. The average molecular weight is 609 g/mol. The number of amides is 1. The number of carbonyl (C=O) groups is 1. The number of anilines is 3. The van der Waals surface area contributed by atoms with E-state index < -0.39 is 0 Å². The third-order valence-corrected chi connectivity index (χ3v) is 10.0. The number of ether oxygens (including phenoxy) is 1. The molecule has 0 bridgehead atoms. The molecule has 5 rings (SSSR count). The van der Waals surface area contributed by atoms with Gasteiger partial charge in [-0.05, 0) is 96.9 Å². The topological polar surface area (TPSA) is 81.1 Å². The molecule has 2 aromatic heterocycles. The number of aryl methyl sites for hydroxylation is 1. The first-order chi connectivity index (χ1) is 16.4. The monoisotopic (exact) mass is 609 g/mol. The normalized spacial score (nSPS) is 17.2. The number of pyridine rings is 1. The lowest BCUT2D eigenvalue weighted by Gasteiger charge is -2.24. The maximum Gasteiger partial charge on any atom is 0.228 e. The number of aromatic nitrogens is 3. The van der Waals surface area contributed by atoms with E-state index in [-0.39, 0.29) is 19.7 Å². The number of rotatable bonds is 7. The molecule has 0 spiro atoms. The van der Waals surface area contributed by atoms with Crippen LogP contribution < -0.4 is 15.9 Å². The Balaban J connectivity index is 1.53. The van der Waals surface area contributed by atoms with Crippen molar-refractivity contribution in [1.29, 1.82) is 0 Å². The largest absolute Gasteiger partial charge is 0.381 e. The fourth-order valence-electron chi connectivity index (χ4n) is 4.44. The summed E-state index contributed by atoms with van der Waals surface area (Å²) in [6.07, 6.45) is 4.57. The zero-order chi connectivity index (χ0) is 23.8. The number of hydrogen-bond acceptors (Lipinski definition) is 5. The van der Waals surface area contributed by atoms with E-state index in [2.05, 4.69) is 68.5 Å². The Morgan fingerprint density at radius 2 is 1.91 bits per heavy atom. The van der Waals surface area contributed by atoms with Gasteiger partial charge in [0.15, 0.2) is 5.65 Å². The molecule has 7 nitrogen and oxygen atoms in total. The SMILES string of the molecule is Cc1nc2c(Nc3ccc(C4CCOCC4)cc3P(C)C)cc(NC(=O)C3CC3)nc2n1PI. The molecule has 2 fully saturated rings. The molecule has 1 saturated carbocycles. The molecule has 1 aliphatic carbocycles. The van der Waals surface area contributed by atoms with Crippen molar-refractivity contribution in [3.05, 3.63) is 35.7 Å². The summed E-state index contributed by atoms with van der Waals surface area (Å²) in [5, 5.41) is 8.06. The third kappa shape index (κ3) is 5.11. The lowest BCUT2D eigenvalue weighted by molar-refractivity contribution is -0.117. The zero-order valence-electron chi connectivity index (χ0n) is 19.7. The first-order valence-electron chi connectivity index (χ1n) is 11.7. The van der Waals surface area contributed by atoms with E-state index in [1.807, 2.05) is 13.0 Å². The van der Waals surface area contributed by atoms with Gasteiger partial charge in [-0.3, -0.25) is 9.13 Å². The maximum atomic E-state index is 12.5. The van der Waals surface area contributed by atoms with Crippen LogP contribution in [0.2, 0.25) is 0 Å². The number of nitrogens with one attached hydrogen (secondary N) is 2. The molecule has 1 aliphatic heterocycles. The van der Waals surface area contributed by atoms with E-state index in [1.54, 1.807) is 0 Å². The Morgan fingerprint density at radius 1 is 1.15 bits per heavy atom. The van der Waals surface area contributed by atoms with Gasteiger partial charge in [0.25, 0.3) is 0 Å². The van der Waals surface area contributed by atoms with Crippen LogP contribution in [0, 0.1) is 12.8 Å². The summed E-state index contributed by atoms with van der Waals surface area (Å²) in [6.45, 7) is 8.28. The third-order valence-electron chi connectivity index (χ3n) is 6.53. The Hall–Kier alpha value is -1.34. The van der Waals surface area contributed by atoms with Gasteiger partial charge in [-0.1, -0.05) is 14.0 Å². The highest BCUT2D eigenvalue weighted by Gasteiger charge is 2.30. The molecule has 1 unspecified atom stereocenters. The summed E-state index contributed by atoms with van der Waals surface area (Å²) in [6, 6.07) is 8.78. The van der Waals surface area contributed by atoms with Gasteiger partial charge in [-0.25, -0.2) is 9.97 Å². The van der Waals surface area contributed by atoms with Gasteiger partial charge in [0.1, 0.15) is 17.2 Å². The van der Waals surface area contributed by atoms with Crippen molar-refractivity contribution in [3.63, 3.8) is 0 Å². The van der Waals surface area contributed by atoms with Crippen LogP contribution in [0.15, 0.2) is 24.3 Å². The van der Waals surface area contributed by atoms with Crippen LogP contribution in [0.4, 0.5) is 17.2 Å². The van der Waals surface area contributed by atoms with Gasteiger partial charge in [-0.15, -0.1) is 0 Å². The summed E-state index contributed by atoms with van der Waals surface area (Å²) >= 11 is 2.35.